The zero-order valence-corrected chi connectivity index (χ0v) is 8.50. The van der Waals surface area contributed by atoms with Crippen molar-refractivity contribution in [1.82, 2.24) is 15.3 Å². The Hall–Kier alpha value is -0.870. The summed E-state index contributed by atoms with van der Waals surface area (Å²) in [5, 5.41) is 3.73. The van der Waals surface area contributed by atoms with E-state index in [2.05, 4.69) is 15.3 Å². The van der Waals surface area contributed by atoms with Crippen molar-refractivity contribution in [3.05, 3.63) is 17.5 Å². The lowest BCUT2D eigenvalue weighted by Crippen LogP contribution is -2.37. The molecule has 0 radical (unpaired) electrons. The van der Waals surface area contributed by atoms with Gasteiger partial charge in [-0.1, -0.05) is 11.6 Å². The Morgan fingerprint density at radius 1 is 1.57 bits per heavy atom. The summed E-state index contributed by atoms with van der Waals surface area (Å²) in [5.41, 5.74) is 0. The van der Waals surface area contributed by atoms with Gasteiger partial charge in [0.15, 0.2) is 0 Å². The summed E-state index contributed by atoms with van der Waals surface area (Å²) in [6.07, 6.45) is 5.34. The minimum absolute atomic E-state index is 0.177. The number of rotatable bonds is 2. The highest BCUT2D eigenvalue weighted by Gasteiger charge is 2.16. The third kappa shape index (κ3) is 2.33. The fourth-order valence-corrected chi connectivity index (χ4v) is 1.62. The van der Waals surface area contributed by atoms with E-state index in [4.69, 9.17) is 16.3 Å². The monoisotopic (exact) mass is 213 g/mol. The van der Waals surface area contributed by atoms with Crippen molar-refractivity contribution in [2.24, 2.45) is 0 Å². The van der Waals surface area contributed by atoms with Gasteiger partial charge in [-0.05, 0) is 19.4 Å². The molecule has 1 aromatic heterocycles. The SMILES string of the molecule is Clc1cncnc1O[C@H]1CCCNC1. The van der Waals surface area contributed by atoms with Crippen molar-refractivity contribution in [2.45, 2.75) is 18.9 Å². The average Bonchev–Trinajstić information content (AvgIpc) is 2.23. The van der Waals surface area contributed by atoms with Crippen LogP contribution in [0, 0.1) is 0 Å². The molecule has 4 nitrogen and oxygen atoms in total. The van der Waals surface area contributed by atoms with Gasteiger partial charge >= 0.3 is 0 Å². The smallest absolute Gasteiger partial charge is 0.236 e. The maximum Gasteiger partial charge on any atom is 0.236 e. The Morgan fingerprint density at radius 3 is 3.21 bits per heavy atom. The van der Waals surface area contributed by atoms with Gasteiger partial charge in [0.2, 0.25) is 5.88 Å². The maximum absolute atomic E-state index is 5.87. The van der Waals surface area contributed by atoms with Crippen LogP contribution in [0.3, 0.4) is 0 Å². The van der Waals surface area contributed by atoms with E-state index in [1.807, 2.05) is 0 Å². The lowest BCUT2D eigenvalue weighted by molar-refractivity contribution is 0.160. The van der Waals surface area contributed by atoms with Crippen LogP contribution in [0.5, 0.6) is 5.88 Å². The standard InChI is InChI=1S/C9H12ClN3O/c10-8-5-12-6-13-9(8)14-7-2-1-3-11-4-7/h5-7,11H,1-4H2/t7-/m0/s1. The lowest BCUT2D eigenvalue weighted by Gasteiger charge is -2.23. The highest BCUT2D eigenvalue weighted by Crippen LogP contribution is 2.21. The first-order valence-electron chi connectivity index (χ1n) is 4.69. The number of nitrogens with one attached hydrogen (secondary N) is 1. The summed E-state index contributed by atoms with van der Waals surface area (Å²) < 4.78 is 5.64. The molecule has 0 unspecified atom stereocenters. The number of piperidine rings is 1. The second-order valence-corrected chi connectivity index (χ2v) is 3.67. The highest BCUT2D eigenvalue weighted by molar-refractivity contribution is 6.31. The zero-order chi connectivity index (χ0) is 9.80. The van der Waals surface area contributed by atoms with Crippen molar-refractivity contribution < 1.29 is 4.74 Å². The van der Waals surface area contributed by atoms with E-state index in [1.54, 1.807) is 6.20 Å². The van der Waals surface area contributed by atoms with Crippen molar-refractivity contribution in [3.8, 4) is 5.88 Å². The lowest BCUT2D eigenvalue weighted by atomic mass is 10.1. The minimum Gasteiger partial charge on any atom is -0.472 e. The molecule has 0 aliphatic carbocycles. The largest absolute Gasteiger partial charge is 0.472 e. The van der Waals surface area contributed by atoms with Crippen LogP contribution in [0.15, 0.2) is 12.5 Å². The summed E-state index contributed by atoms with van der Waals surface area (Å²) in [4.78, 5) is 7.78. The Morgan fingerprint density at radius 2 is 2.50 bits per heavy atom. The first-order valence-corrected chi connectivity index (χ1v) is 5.07. The zero-order valence-electron chi connectivity index (χ0n) is 7.74. The van der Waals surface area contributed by atoms with Gasteiger partial charge in [0.05, 0.1) is 6.20 Å². The number of nitrogens with zero attached hydrogens (tertiary/aromatic N) is 2. The van der Waals surface area contributed by atoms with Crippen LogP contribution in [-0.4, -0.2) is 29.2 Å². The van der Waals surface area contributed by atoms with Gasteiger partial charge in [-0.3, -0.25) is 0 Å². The van der Waals surface area contributed by atoms with Crippen LogP contribution in [0.25, 0.3) is 0 Å². The first kappa shape index (κ1) is 9.68. The molecule has 14 heavy (non-hydrogen) atoms. The summed E-state index contributed by atoms with van der Waals surface area (Å²) >= 11 is 5.87. The van der Waals surface area contributed by atoms with Gasteiger partial charge in [0.1, 0.15) is 17.5 Å². The van der Waals surface area contributed by atoms with Crippen LogP contribution in [0.1, 0.15) is 12.8 Å². The molecule has 1 N–H and O–H groups in total. The van der Waals surface area contributed by atoms with E-state index in [0.717, 1.165) is 25.9 Å². The van der Waals surface area contributed by atoms with Crippen LogP contribution >= 0.6 is 11.6 Å². The van der Waals surface area contributed by atoms with Gasteiger partial charge in [0.25, 0.3) is 0 Å². The molecule has 2 heterocycles. The van der Waals surface area contributed by atoms with E-state index < -0.39 is 0 Å². The van der Waals surface area contributed by atoms with E-state index in [-0.39, 0.29) is 6.10 Å². The topological polar surface area (TPSA) is 47.0 Å². The first-order chi connectivity index (χ1) is 6.86. The van der Waals surface area contributed by atoms with Crippen molar-refractivity contribution >= 4 is 11.6 Å². The van der Waals surface area contributed by atoms with Crippen molar-refractivity contribution in [3.63, 3.8) is 0 Å². The van der Waals surface area contributed by atoms with Crippen LogP contribution in [0.2, 0.25) is 5.02 Å². The second-order valence-electron chi connectivity index (χ2n) is 3.26. The average molecular weight is 214 g/mol. The number of ether oxygens (including phenoxy) is 1. The molecule has 5 heteroatoms. The molecule has 2 rings (SSSR count). The molecule has 0 bridgehead atoms. The number of halogens is 1. The van der Waals surface area contributed by atoms with Crippen molar-refractivity contribution in [2.75, 3.05) is 13.1 Å². The van der Waals surface area contributed by atoms with Gasteiger partial charge in [0, 0.05) is 6.54 Å². The van der Waals surface area contributed by atoms with E-state index in [9.17, 15) is 0 Å². The van der Waals surface area contributed by atoms with Crippen molar-refractivity contribution in [1.29, 1.82) is 0 Å². The Bertz CT molecular complexity index is 302. The summed E-state index contributed by atoms with van der Waals surface area (Å²) in [6.45, 7) is 1.93. The number of hydrogen-bond donors (Lipinski definition) is 1. The van der Waals surface area contributed by atoms with Gasteiger partial charge in [-0.15, -0.1) is 0 Å². The van der Waals surface area contributed by atoms with E-state index in [0.29, 0.717) is 10.9 Å². The Kier molecular flexibility index (Phi) is 3.16. The molecule has 1 atom stereocenters. The maximum atomic E-state index is 5.87. The minimum atomic E-state index is 0.177. The quantitative estimate of drug-likeness (QED) is 0.804. The number of hydrogen-bond acceptors (Lipinski definition) is 4. The molecule has 1 aliphatic heterocycles. The molecule has 0 spiro atoms. The molecule has 1 aliphatic rings. The van der Waals surface area contributed by atoms with Gasteiger partial charge in [-0.25, -0.2) is 9.97 Å². The fraction of sp³-hybridized carbons (Fsp3) is 0.556. The molecule has 0 amide bonds. The van der Waals surface area contributed by atoms with Gasteiger partial charge in [-0.2, -0.15) is 0 Å². The molecule has 76 valence electrons. The third-order valence-electron chi connectivity index (χ3n) is 2.16. The molecular weight excluding hydrogens is 202 g/mol. The number of aromatic nitrogens is 2. The molecule has 0 saturated carbocycles. The van der Waals surface area contributed by atoms with Crippen LogP contribution in [0.4, 0.5) is 0 Å². The predicted octanol–water partition coefficient (Wildman–Crippen LogP) is 1.26. The Balaban J connectivity index is 1.99. The normalized spacial score (nSPS) is 21.9. The molecule has 1 saturated heterocycles. The second kappa shape index (κ2) is 4.57. The Labute approximate surface area is 87.7 Å². The van der Waals surface area contributed by atoms with Crippen LogP contribution < -0.4 is 10.1 Å². The summed E-state index contributed by atoms with van der Waals surface area (Å²) in [6, 6.07) is 0. The van der Waals surface area contributed by atoms with Gasteiger partial charge < -0.3 is 10.1 Å². The summed E-state index contributed by atoms with van der Waals surface area (Å²) in [5.74, 6) is 0.482. The molecule has 1 aromatic rings. The third-order valence-corrected chi connectivity index (χ3v) is 2.42. The summed E-state index contributed by atoms with van der Waals surface area (Å²) in [7, 11) is 0. The highest BCUT2D eigenvalue weighted by atomic mass is 35.5. The van der Waals surface area contributed by atoms with Crippen LogP contribution in [-0.2, 0) is 0 Å². The molecular formula is C9H12ClN3O. The predicted molar refractivity (Wildman–Crippen MR) is 53.6 cm³/mol. The molecule has 0 aromatic carbocycles. The van der Waals surface area contributed by atoms with E-state index >= 15 is 0 Å². The fourth-order valence-electron chi connectivity index (χ4n) is 1.47. The molecule has 1 fully saturated rings. The van der Waals surface area contributed by atoms with E-state index in [1.165, 1.54) is 6.33 Å².